The maximum atomic E-state index is 13.5. The molecule has 0 fully saturated rings. The summed E-state index contributed by atoms with van der Waals surface area (Å²) < 4.78 is 13.5. The summed E-state index contributed by atoms with van der Waals surface area (Å²) in [5, 5.41) is 5.30. The van der Waals surface area contributed by atoms with Crippen LogP contribution >= 0.6 is 0 Å². The Kier molecular flexibility index (Phi) is 5.63. The second-order valence-corrected chi connectivity index (χ2v) is 4.85. The highest BCUT2D eigenvalue weighted by Crippen LogP contribution is 2.08. The highest BCUT2D eigenvalue weighted by atomic mass is 19.1. The molecule has 0 unspecified atom stereocenters. The number of nitrogens with one attached hydrogen (secondary N) is 2. The van der Waals surface area contributed by atoms with Gasteiger partial charge < -0.3 is 10.6 Å². The number of rotatable bonds is 6. The molecule has 2 aromatic rings. The highest BCUT2D eigenvalue weighted by Gasteiger charge is 2.09. The van der Waals surface area contributed by atoms with Crippen LogP contribution in [0.1, 0.15) is 26.3 Å². The van der Waals surface area contributed by atoms with Gasteiger partial charge in [0.15, 0.2) is 0 Å². The largest absolute Gasteiger partial charge is 0.349 e. The molecule has 4 nitrogen and oxygen atoms in total. The monoisotopic (exact) mass is 312 g/mol. The SMILES string of the molecule is C=CCNC(=O)c1ccc(C(=O)NCc2ccccc2F)cc1. The first kappa shape index (κ1) is 16.4. The molecule has 0 aliphatic carbocycles. The molecule has 0 spiro atoms. The van der Waals surface area contributed by atoms with Gasteiger partial charge in [0.2, 0.25) is 0 Å². The Bertz CT molecular complexity index is 711. The van der Waals surface area contributed by atoms with E-state index in [1.807, 2.05) is 0 Å². The number of amides is 2. The molecule has 0 bridgehead atoms. The summed E-state index contributed by atoms with van der Waals surface area (Å²) in [6.07, 6.45) is 1.59. The van der Waals surface area contributed by atoms with Crippen molar-refractivity contribution in [1.82, 2.24) is 10.6 Å². The predicted molar refractivity (Wildman–Crippen MR) is 86.5 cm³/mol. The Balaban J connectivity index is 1.96. The normalized spacial score (nSPS) is 9.96. The minimum Gasteiger partial charge on any atom is -0.349 e. The van der Waals surface area contributed by atoms with Crippen LogP contribution in [0, 0.1) is 5.82 Å². The van der Waals surface area contributed by atoms with Crippen LogP contribution in [-0.2, 0) is 6.54 Å². The standard InChI is InChI=1S/C18H17FN2O2/c1-2-11-20-17(22)13-7-9-14(10-8-13)18(23)21-12-15-5-3-4-6-16(15)19/h2-10H,1,11-12H2,(H,20,22)(H,21,23). The van der Waals surface area contributed by atoms with Crippen LogP contribution in [0.3, 0.4) is 0 Å². The smallest absolute Gasteiger partial charge is 0.251 e. The summed E-state index contributed by atoms with van der Waals surface area (Å²) in [6, 6.07) is 12.5. The van der Waals surface area contributed by atoms with E-state index in [0.29, 0.717) is 23.2 Å². The van der Waals surface area contributed by atoms with Crippen LogP contribution in [0.15, 0.2) is 61.2 Å². The second-order valence-electron chi connectivity index (χ2n) is 4.85. The zero-order valence-corrected chi connectivity index (χ0v) is 12.5. The summed E-state index contributed by atoms with van der Waals surface area (Å²) in [4.78, 5) is 23.8. The molecule has 2 aromatic carbocycles. The van der Waals surface area contributed by atoms with Crippen LogP contribution in [0.2, 0.25) is 0 Å². The summed E-state index contributed by atoms with van der Waals surface area (Å²) in [7, 11) is 0. The fourth-order valence-electron chi connectivity index (χ4n) is 1.96. The Labute approximate surface area is 134 Å². The lowest BCUT2D eigenvalue weighted by Gasteiger charge is -2.07. The van der Waals surface area contributed by atoms with E-state index in [-0.39, 0.29) is 24.2 Å². The minimum atomic E-state index is -0.359. The van der Waals surface area contributed by atoms with Gasteiger partial charge in [0.1, 0.15) is 5.82 Å². The van der Waals surface area contributed by atoms with E-state index in [1.165, 1.54) is 6.07 Å². The van der Waals surface area contributed by atoms with Crippen molar-refractivity contribution in [2.24, 2.45) is 0 Å². The molecule has 118 valence electrons. The van der Waals surface area contributed by atoms with Crippen molar-refractivity contribution in [2.75, 3.05) is 6.54 Å². The molecular weight excluding hydrogens is 295 g/mol. The molecule has 0 saturated carbocycles. The Morgan fingerprint density at radius 3 is 2.09 bits per heavy atom. The van der Waals surface area contributed by atoms with Gasteiger partial charge in [-0.25, -0.2) is 4.39 Å². The van der Waals surface area contributed by atoms with Crippen molar-refractivity contribution in [3.8, 4) is 0 Å². The molecule has 0 aromatic heterocycles. The fraction of sp³-hybridized carbons (Fsp3) is 0.111. The van der Waals surface area contributed by atoms with E-state index < -0.39 is 0 Å². The third-order valence-electron chi connectivity index (χ3n) is 3.21. The molecule has 23 heavy (non-hydrogen) atoms. The molecule has 0 atom stereocenters. The average Bonchev–Trinajstić information content (AvgIpc) is 2.59. The molecule has 0 aliphatic rings. The van der Waals surface area contributed by atoms with Crippen LogP contribution in [0.25, 0.3) is 0 Å². The molecule has 2 amide bonds. The van der Waals surface area contributed by atoms with Crippen LogP contribution in [0.5, 0.6) is 0 Å². The molecular formula is C18H17FN2O2. The summed E-state index contributed by atoms with van der Waals surface area (Å²) in [5.74, 6) is -0.920. The van der Waals surface area contributed by atoms with Gasteiger partial charge in [-0.3, -0.25) is 9.59 Å². The van der Waals surface area contributed by atoms with Gasteiger partial charge >= 0.3 is 0 Å². The summed E-state index contributed by atoms with van der Waals surface area (Å²) in [5.41, 5.74) is 1.28. The molecule has 2 N–H and O–H groups in total. The first-order valence-electron chi connectivity index (χ1n) is 7.12. The number of halogens is 1. The van der Waals surface area contributed by atoms with Crippen molar-refractivity contribution >= 4 is 11.8 Å². The van der Waals surface area contributed by atoms with Crippen molar-refractivity contribution in [3.63, 3.8) is 0 Å². The van der Waals surface area contributed by atoms with Crippen LogP contribution < -0.4 is 10.6 Å². The molecule has 0 aliphatic heterocycles. The number of hydrogen-bond donors (Lipinski definition) is 2. The number of hydrogen-bond acceptors (Lipinski definition) is 2. The lowest BCUT2D eigenvalue weighted by molar-refractivity contribution is 0.0942. The van der Waals surface area contributed by atoms with Gasteiger partial charge in [0.25, 0.3) is 11.8 Å². The van der Waals surface area contributed by atoms with Crippen LogP contribution in [-0.4, -0.2) is 18.4 Å². The molecule has 2 rings (SSSR count). The number of benzene rings is 2. The predicted octanol–water partition coefficient (Wildman–Crippen LogP) is 2.67. The summed E-state index contributed by atoms with van der Waals surface area (Å²) >= 11 is 0. The molecule has 5 heteroatoms. The molecule has 0 saturated heterocycles. The minimum absolute atomic E-state index is 0.104. The van der Waals surface area contributed by atoms with Crippen molar-refractivity contribution in [1.29, 1.82) is 0 Å². The Morgan fingerprint density at radius 1 is 0.957 bits per heavy atom. The van der Waals surface area contributed by atoms with E-state index >= 15 is 0 Å². The molecule has 0 radical (unpaired) electrons. The van der Waals surface area contributed by atoms with E-state index in [9.17, 15) is 14.0 Å². The summed E-state index contributed by atoms with van der Waals surface area (Å²) in [6.45, 7) is 4.00. The third kappa shape index (κ3) is 4.51. The van der Waals surface area contributed by atoms with Crippen LogP contribution in [0.4, 0.5) is 4.39 Å². The first-order chi connectivity index (χ1) is 11.1. The maximum absolute atomic E-state index is 13.5. The highest BCUT2D eigenvalue weighted by molar-refractivity contribution is 5.97. The van der Waals surface area contributed by atoms with Crippen molar-refractivity contribution < 1.29 is 14.0 Å². The van der Waals surface area contributed by atoms with Crippen molar-refractivity contribution in [3.05, 3.63) is 83.7 Å². The lowest BCUT2D eigenvalue weighted by Crippen LogP contribution is -2.24. The van der Waals surface area contributed by atoms with Gasteiger partial charge in [0.05, 0.1) is 0 Å². The topological polar surface area (TPSA) is 58.2 Å². The lowest BCUT2D eigenvalue weighted by atomic mass is 10.1. The second kappa shape index (κ2) is 7.89. The van der Waals surface area contributed by atoms with Gasteiger partial charge in [-0.1, -0.05) is 24.3 Å². The average molecular weight is 312 g/mol. The fourth-order valence-corrected chi connectivity index (χ4v) is 1.96. The van der Waals surface area contributed by atoms with Gasteiger partial charge in [0, 0.05) is 29.8 Å². The quantitative estimate of drug-likeness (QED) is 0.806. The van der Waals surface area contributed by atoms with E-state index in [2.05, 4.69) is 17.2 Å². The first-order valence-corrected chi connectivity index (χ1v) is 7.12. The number of carbonyl (C=O) groups excluding carboxylic acids is 2. The van der Waals surface area contributed by atoms with Crippen molar-refractivity contribution in [2.45, 2.75) is 6.54 Å². The zero-order valence-electron chi connectivity index (χ0n) is 12.5. The zero-order chi connectivity index (χ0) is 16.7. The van der Waals surface area contributed by atoms with E-state index in [1.54, 1.807) is 48.5 Å². The third-order valence-corrected chi connectivity index (χ3v) is 3.21. The Hall–Kier alpha value is -2.95. The van der Waals surface area contributed by atoms with E-state index in [0.717, 1.165) is 0 Å². The maximum Gasteiger partial charge on any atom is 0.251 e. The van der Waals surface area contributed by atoms with Gasteiger partial charge in [-0.15, -0.1) is 6.58 Å². The number of carbonyl (C=O) groups is 2. The van der Waals surface area contributed by atoms with Gasteiger partial charge in [-0.05, 0) is 30.3 Å². The van der Waals surface area contributed by atoms with Gasteiger partial charge in [-0.2, -0.15) is 0 Å². The molecule has 0 heterocycles. The van der Waals surface area contributed by atoms with E-state index in [4.69, 9.17) is 0 Å². The Morgan fingerprint density at radius 2 is 1.52 bits per heavy atom.